The number of H-pyrrole nitrogens is 1. The normalized spacial score (nSPS) is 21.1. The van der Waals surface area contributed by atoms with Crippen molar-refractivity contribution in [3.05, 3.63) is 36.2 Å². The minimum Gasteiger partial charge on any atom is -0.357 e. The van der Waals surface area contributed by atoms with Crippen LogP contribution in [0.5, 0.6) is 0 Å². The molecule has 4 heterocycles. The van der Waals surface area contributed by atoms with Crippen molar-refractivity contribution in [2.75, 3.05) is 26.2 Å². The van der Waals surface area contributed by atoms with Crippen LogP contribution in [0.1, 0.15) is 43.0 Å². The summed E-state index contributed by atoms with van der Waals surface area (Å²) in [6.45, 7) is 3.55. The summed E-state index contributed by atoms with van der Waals surface area (Å²) in [5.41, 5.74) is 0.190. The summed E-state index contributed by atoms with van der Waals surface area (Å²) in [5.74, 6) is -1.08. The van der Waals surface area contributed by atoms with Crippen LogP contribution in [0.3, 0.4) is 0 Å². The molecule has 178 valence electrons. The number of hydrogen-bond acceptors (Lipinski definition) is 6. The third kappa shape index (κ3) is 3.95. The van der Waals surface area contributed by atoms with Gasteiger partial charge in [-0.3, -0.25) is 14.4 Å². The molecule has 0 radical (unpaired) electrons. The second-order valence-electron chi connectivity index (χ2n) is 9.13. The van der Waals surface area contributed by atoms with Gasteiger partial charge in [0.05, 0.1) is 35.1 Å². The number of nitrogens with zero attached hydrogens (tertiary/aromatic N) is 6. The molecule has 10 nitrogen and oxygen atoms in total. The predicted octanol–water partition coefficient (Wildman–Crippen LogP) is 1.96. The fraction of sp³-hybridized carbons (Fsp3) is 0.478. The standard InChI is InChI=1S/C23H26FN7O3/c1-14-2-4-15(5-3-14)22(33)29-8-10-30(11-9-29)23(34)20(32)16-12-25-19-18(16)17(24)13-26-21(19)31-7-6-27-28-31/h6-7,12-15,25H,2-5,8-11H2,1H3. The van der Waals surface area contributed by atoms with E-state index >= 15 is 0 Å². The molecule has 1 aliphatic heterocycles. The highest BCUT2D eigenvalue weighted by molar-refractivity contribution is 6.45. The number of aromatic nitrogens is 5. The van der Waals surface area contributed by atoms with Gasteiger partial charge in [-0.15, -0.1) is 5.10 Å². The Balaban J connectivity index is 1.28. The Morgan fingerprint density at radius 3 is 2.44 bits per heavy atom. The van der Waals surface area contributed by atoms with Crippen molar-refractivity contribution in [1.29, 1.82) is 0 Å². The summed E-state index contributed by atoms with van der Waals surface area (Å²) in [6, 6.07) is 0. The van der Waals surface area contributed by atoms with Gasteiger partial charge in [0.25, 0.3) is 11.7 Å². The van der Waals surface area contributed by atoms with Gasteiger partial charge in [0, 0.05) is 38.3 Å². The number of nitrogens with one attached hydrogen (secondary N) is 1. The van der Waals surface area contributed by atoms with Crippen LogP contribution < -0.4 is 0 Å². The van der Waals surface area contributed by atoms with E-state index in [9.17, 15) is 18.8 Å². The number of aromatic amines is 1. The molecule has 34 heavy (non-hydrogen) atoms. The Morgan fingerprint density at radius 2 is 1.76 bits per heavy atom. The SMILES string of the molecule is CC1CCC(C(=O)N2CCN(C(=O)C(=O)c3c[nH]c4c(-n5ccnn5)ncc(F)c34)CC2)CC1. The van der Waals surface area contributed by atoms with Crippen LogP contribution in [0.2, 0.25) is 0 Å². The minimum absolute atomic E-state index is 0.0146. The molecule has 0 unspecified atom stereocenters. The van der Waals surface area contributed by atoms with E-state index in [0.29, 0.717) is 19.0 Å². The molecule has 5 rings (SSSR count). The van der Waals surface area contributed by atoms with E-state index < -0.39 is 17.5 Å². The van der Waals surface area contributed by atoms with Crippen LogP contribution >= 0.6 is 0 Å². The summed E-state index contributed by atoms with van der Waals surface area (Å²) >= 11 is 0. The fourth-order valence-corrected chi connectivity index (χ4v) is 4.92. The number of pyridine rings is 1. The van der Waals surface area contributed by atoms with E-state index in [-0.39, 0.29) is 47.2 Å². The molecule has 2 amide bonds. The van der Waals surface area contributed by atoms with Crippen molar-refractivity contribution < 1.29 is 18.8 Å². The van der Waals surface area contributed by atoms with Crippen LogP contribution in [0.4, 0.5) is 4.39 Å². The van der Waals surface area contributed by atoms with Crippen molar-refractivity contribution in [1.82, 2.24) is 34.8 Å². The van der Waals surface area contributed by atoms with Gasteiger partial charge in [-0.2, -0.15) is 0 Å². The number of ketones is 1. The van der Waals surface area contributed by atoms with Gasteiger partial charge in [0.15, 0.2) is 11.6 Å². The average Bonchev–Trinajstić information content (AvgIpc) is 3.55. The lowest BCUT2D eigenvalue weighted by atomic mass is 9.82. The van der Waals surface area contributed by atoms with E-state index in [0.717, 1.165) is 31.9 Å². The van der Waals surface area contributed by atoms with Crippen molar-refractivity contribution in [3.8, 4) is 5.82 Å². The molecular weight excluding hydrogens is 441 g/mol. The first-order valence-electron chi connectivity index (χ1n) is 11.6. The van der Waals surface area contributed by atoms with Crippen LogP contribution in [-0.2, 0) is 9.59 Å². The number of carbonyl (C=O) groups is 3. The van der Waals surface area contributed by atoms with Crippen LogP contribution in [0.15, 0.2) is 24.8 Å². The fourth-order valence-electron chi connectivity index (χ4n) is 4.92. The molecule has 0 aromatic carbocycles. The minimum atomic E-state index is -0.804. The van der Waals surface area contributed by atoms with E-state index in [1.807, 2.05) is 0 Å². The number of rotatable bonds is 4. The van der Waals surface area contributed by atoms with Crippen LogP contribution in [-0.4, -0.2) is 78.5 Å². The average molecular weight is 468 g/mol. The van der Waals surface area contributed by atoms with Gasteiger partial charge in [-0.1, -0.05) is 12.1 Å². The molecule has 1 aliphatic carbocycles. The summed E-state index contributed by atoms with van der Waals surface area (Å²) in [6.07, 6.45) is 9.27. The highest BCUT2D eigenvalue weighted by Gasteiger charge is 2.33. The smallest absolute Gasteiger partial charge is 0.295 e. The lowest BCUT2D eigenvalue weighted by Crippen LogP contribution is -2.53. The molecule has 0 atom stereocenters. The second-order valence-corrected chi connectivity index (χ2v) is 9.13. The van der Waals surface area contributed by atoms with Gasteiger partial charge in [-0.25, -0.2) is 14.1 Å². The Bertz CT molecular complexity index is 1220. The van der Waals surface area contributed by atoms with Crippen molar-refractivity contribution in [3.63, 3.8) is 0 Å². The molecule has 1 N–H and O–H groups in total. The van der Waals surface area contributed by atoms with Gasteiger partial charge in [-0.05, 0) is 31.6 Å². The van der Waals surface area contributed by atoms with Crippen molar-refractivity contribution >= 4 is 28.5 Å². The van der Waals surface area contributed by atoms with Crippen molar-refractivity contribution in [2.45, 2.75) is 32.6 Å². The topological polar surface area (TPSA) is 117 Å². The van der Waals surface area contributed by atoms with E-state index in [4.69, 9.17) is 0 Å². The summed E-state index contributed by atoms with van der Waals surface area (Å²) in [7, 11) is 0. The number of piperazine rings is 1. The lowest BCUT2D eigenvalue weighted by Gasteiger charge is -2.37. The maximum absolute atomic E-state index is 14.7. The zero-order valence-electron chi connectivity index (χ0n) is 18.9. The Morgan fingerprint density at radius 1 is 1.06 bits per heavy atom. The number of halogens is 1. The molecule has 1 saturated heterocycles. The van der Waals surface area contributed by atoms with Crippen LogP contribution in [0.25, 0.3) is 16.7 Å². The summed E-state index contributed by atoms with van der Waals surface area (Å²) in [5, 5.41) is 7.56. The molecule has 2 fully saturated rings. The van der Waals surface area contributed by atoms with Gasteiger partial charge in [0.2, 0.25) is 5.91 Å². The van der Waals surface area contributed by atoms with Crippen LogP contribution in [0, 0.1) is 17.7 Å². The number of Topliss-reactive ketones (excluding diaryl/α,β-unsaturated/α-hetero) is 1. The van der Waals surface area contributed by atoms with Gasteiger partial charge < -0.3 is 14.8 Å². The number of fused-ring (bicyclic) bond motifs is 1. The second kappa shape index (κ2) is 8.96. The summed E-state index contributed by atoms with van der Waals surface area (Å²) < 4.78 is 16.0. The van der Waals surface area contributed by atoms with Gasteiger partial charge >= 0.3 is 0 Å². The monoisotopic (exact) mass is 467 g/mol. The first kappa shape index (κ1) is 22.2. The molecule has 0 bridgehead atoms. The number of carbonyl (C=O) groups excluding carboxylic acids is 3. The van der Waals surface area contributed by atoms with E-state index in [2.05, 4.69) is 27.2 Å². The Kier molecular flexibility index (Phi) is 5.84. The largest absolute Gasteiger partial charge is 0.357 e. The molecule has 2 aliphatic rings. The quantitative estimate of drug-likeness (QED) is 0.463. The molecular formula is C23H26FN7O3. The molecule has 11 heteroatoms. The zero-order chi connectivity index (χ0) is 23.8. The lowest BCUT2D eigenvalue weighted by molar-refractivity contribution is -0.141. The predicted molar refractivity (Wildman–Crippen MR) is 120 cm³/mol. The van der Waals surface area contributed by atoms with Crippen molar-refractivity contribution in [2.24, 2.45) is 11.8 Å². The molecule has 0 spiro atoms. The molecule has 3 aromatic heterocycles. The first-order chi connectivity index (χ1) is 16.4. The zero-order valence-corrected chi connectivity index (χ0v) is 18.9. The maximum Gasteiger partial charge on any atom is 0.295 e. The number of hydrogen-bond donors (Lipinski definition) is 1. The Hall–Kier alpha value is -3.63. The molecule has 3 aromatic rings. The summed E-state index contributed by atoms with van der Waals surface area (Å²) in [4.78, 5) is 49.0. The first-order valence-corrected chi connectivity index (χ1v) is 11.6. The van der Waals surface area contributed by atoms with E-state index in [1.165, 1.54) is 22.0 Å². The third-order valence-corrected chi connectivity index (χ3v) is 6.96. The third-order valence-electron chi connectivity index (χ3n) is 6.96. The maximum atomic E-state index is 14.7. The molecule has 1 saturated carbocycles. The number of amides is 2. The highest BCUT2D eigenvalue weighted by Crippen LogP contribution is 2.30. The van der Waals surface area contributed by atoms with Gasteiger partial charge in [0.1, 0.15) is 0 Å². The highest BCUT2D eigenvalue weighted by atomic mass is 19.1. The Labute approximate surface area is 195 Å². The van der Waals surface area contributed by atoms with E-state index in [1.54, 1.807) is 11.1 Å².